The van der Waals surface area contributed by atoms with Crippen LogP contribution in [0.4, 0.5) is 0 Å². The summed E-state index contributed by atoms with van der Waals surface area (Å²) >= 11 is 5.53. The molecular weight excluding hydrogens is 250 g/mol. The van der Waals surface area contributed by atoms with Gasteiger partial charge in [0, 0.05) is 13.0 Å². The van der Waals surface area contributed by atoms with Crippen molar-refractivity contribution in [2.24, 2.45) is 0 Å². The number of hydrogen-bond donors (Lipinski definition) is 2. The van der Waals surface area contributed by atoms with Crippen LogP contribution in [-0.2, 0) is 9.53 Å². The van der Waals surface area contributed by atoms with Crippen molar-refractivity contribution in [3.05, 3.63) is 23.1 Å². The van der Waals surface area contributed by atoms with Gasteiger partial charge < -0.3 is 19.6 Å². The highest BCUT2D eigenvalue weighted by molar-refractivity contribution is 6.29. The lowest BCUT2D eigenvalue weighted by Gasteiger charge is -2.22. The lowest BCUT2D eigenvalue weighted by molar-refractivity contribution is -0.144. The highest BCUT2D eigenvalue weighted by Crippen LogP contribution is 2.20. The number of halogens is 1. The Kier molecular flexibility index (Phi) is 3.08. The molecule has 1 aliphatic rings. The number of carbonyl (C=O) groups is 2. The summed E-state index contributed by atoms with van der Waals surface area (Å²) in [6.07, 6.45) is 0.225. The van der Waals surface area contributed by atoms with Crippen LogP contribution in [-0.4, -0.2) is 35.7 Å². The molecule has 1 aliphatic heterocycles. The van der Waals surface area contributed by atoms with Gasteiger partial charge in [-0.3, -0.25) is 4.79 Å². The summed E-state index contributed by atoms with van der Waals surface area (Å²) in [5.41, 5.74) is -1.38. The normalized spacial score (nSPS) is 23.6. The minimum absolute atomic E-state index is 0.0254. The van der Waals surface area contributed by atoms with Crippen molar-refractivity contribution in [2.75, 3.05) is 13.2 Å². The number of furan rings is 1. The molecule has 1 aromatic heterocycles. The van der Waals surface area contributed by atoms with Crippen molar-refractivity contribution in [2.45, 2.75) is 12.0 Å². The van der Waals surface area contributed by atoms with Crippen LogP contribution in [0.15, 0.2) is 16.5 Å². The van der Waals surface area contributed by atoms with Gasteiger partial charge in [0.1, 0.15) is 0 Å². The maximum Gasteiger partial charge on any atom is 0.331 e. The fourth-order valence-electron chi connectivity index (χ4n) is 1.60. The number of nitrogens with one attached hydrogen (secondary N) is 1. The number of amides is 1. The lowest BCUT2D eigenvalue weighted by Crippen LogP contribution is -2.55. The molecule has 0 radical (unpaired) electrons. The van der Waals surface area contributed by atoms with Gasteiger partial charge in [0.25, 0.3) is 5.91 Å². The standard InChI is InChI=1S/C10H10ClNO5/c11-7-2-1-6(17-7)8(13)12-10(9(14)15)3-4-16-5-10/h1-2H,3-5H2,(H,12,13)(H,14,15). The quantitative estimate of drug-likeness (QED) is 0.842. The van der Waals surface area contributed by atoms with Crippen molar-refractivity contribution >= 4 is 23.5 Å². The third kappa shape index (κ3) is 2.27. The van der Waals surface area contributed by atoms with Crippen molar-refractivity contribution in [1.29, 1.82) is 0 Å². The van der Waals surface area contributed by atoms with Crippen molar-refractivity contribution in [3.8, 4) is 0 Å². The van der Waals surface area contributed by atoms with E-state index in [0.29, 0.717) is 6.61 Å². The van der Waals surface area contributed by atoms with E-state index in [2.05, 4.69) is 5.32 Å². The van der Waals surface area contributed by atoms with Crippen LogP contribution in [0.25, 0.3) is 0 Å². The molecule has 1 atom stereocenters. The van der Waals surface area contributed by atoms with Crippen LogP contribution in [0.2, 0.25) is 5.22 Å². The van der Waals surface area contributed by atoms with Gasteiger partial charge in [-0.15, -0.1) is 0 Å². The first-order valence-electron chi connectivity index (χ1n) is 4.92. The van der Waals surface area contributed by atoms with E-state index in [4.69, 9.17) is 25.9 Å². The van der Waals surface area contributed by atoms with E-state index in [-0.39, 0.29) is 24.0 Å². The maximum atomic E-state index is 11.7. The topological polar surface area (TPSA) is 88.8 Å². The average molecular weight is 260 g/mol. The van der Waals surface area contributed by atoms with Crippen molar-refractivity contribution in [1.82, 2.24) is 5.32 Å². The van der Waals surface area contributed by atoms with E-state index in [0.717, 1.165) is 0 Å². The molecule has 0 aliphatic carbocycles. The molecular formula is C10H10ClNO5. The zero-order valence-corrected chi connectivity index (χ0v) is 9.49. The summed E-state index contributed by atoms with van der Waals surface area (Å²) in [6, 6.07) is 2.79. The van der Waals surface area contributed by atoms with E-state index in [9.17, 15) is 9.59 Å². The molecule has 92 valence electrons. The molecule has 7 heteroatoms. The third-order valence-electron chi connectivity index (χ3n) is 2.58. The van der Waals surface area contributed by atoms with Gasteiger partial charge in [0.2, 0.25) is 0 Å². The smallest absolute Gasteiger partial charge is 0.331 e. The van der Waals surface area contributed by atoms with Gasteiger partial charge in [-0.2, -0.15) is 0 Å². The Morgan fingerprint density at radius 1 is 1.47 bits per heavy atom. The van der Waals surface area contributed by atoms with E-state index in [1.165, 1.54) is 12.1 Å². The molecule has 2 heterocycles. The highest BCUT2D eigenvalue weighted by Gasteiger charge is 2.44. The Morgan fingerprint density at radius 2 is 2.24 bits per heavy atom. The molecule has 17 heavy (non-hydrogen) atoms. The highest BCUT2D eigenvalue weighted by atomic mass is 35.5. The number of hydrogen-bond acceptors (Lipinski definition) is 4. The Bertz CT molecular complexity index is 449. The largest absolute Gasteiger partial charge is 0.479 e. The Labute approximate surface area is 101 Å². The average Bonchev–Trinajstić information content (AvgIpc) is 2.87. The molecule has 1 saturated heterocycles. The number of carbonyl (C=O) groups excluding carboxylic acids is 1. The van der Waals surface area contributed by atoms with Crippen LogP contribution >= 0.6 is 11.6 Å². The Balaban J connectivity index is 2.14. The predicted octanol–water partition coefficient (Wildman–Crippen LogP) is 0.906. The summed E-state index contributed by atoms with van der Waals surface area (Å²) in [5, 5.41) is 11.6. The second-order valence-corrected chi connectivity index (χ2v) is 4.12. The van der Waals surface area contributed by atoms with E-state index < -0.39 is 17.4 Å². The first-order valence-corrected chi connectivity index (χ1v) is 5.30. The van der Waals surface area contributed by atoms with Gasteiger partial charge in [-0.1, -0.05) is 0 Å². The fourth-order valence-corrected chi connectivity index (χ4v) is 1.75. The van der Waals surface area contributed by atoms with E-state index in [1.807, 2.05) is 0 Å². The number of carboxylic acids is 1. The molecule has 0 aromatic carbocycles. The molecule has 1 fully saturated rings. The summed E-state index contributed by atoms with van der Waals surface area (Å²) < 4.78 is 9.91. The number of ether oxygens (including phenoxy) is 1. The second-order valence-electron chi connectivity index (χ2n) is 3.75. The van der Waals surface area contributed by atoms with Gasteiger partial charge in [-0.25, -0.2) is 4.79 Å². The third-order valence-corrected chi connectivity index (χ3v) is 2.78. The van der Waals surface area contributed by atoms with Crippen LogP contribution in [0.5, 0.6) is 0 Å². The molecule has 0 saturated carbocycles. The SMILES string of the molecule is O=C(NC1(C(=O)O)CCOC1)c1ccc(Cl)o1. The number of rotatable bonds is 3. The summed E-state index contributed by atoms with van der Waals surface area (Å²) in [4.78, 5) is 22.9. The van der Waals surface area contributed by atoms with Crippen LogP contribution < -0.4 is 5.32 Å². The van der Waals surface area contributed by atoms with Gasteiger partial charge in [0.05, 0.1) is 6.61 Å². The summed E-state index contributed by atoms with van der Waals surface area (Å²) in [5.74, 6) is -1.77. The zero-order chi connectivity index (χ0) is 12.5. The van der Waals surface area contributed by atoms with Crippen molar-refractivity contribution in [3.63, 3.8) is 0 Å². The molecule has 2 rings (SSSR count). The number of aliphatic carboxylic acids is 1. The molecule has 1 aromatic rings. The van der Waals surface area contributed by atoms with Gasteiger partial charge >= 0.3 is 5.97 Å². The minimum atomic E-state index is -1.38. The molecule has 1 amide bonds. The minimum Gasteiger partial charge on any atom is -0.479 e. The first-order chi connectivity index (χ1) is 8.03. The summed E-state index contributed by atoms with van der Waals surface area (Å²) in [7, 11) is 0. The maximum absolute atomic E-state index is 11.7. The summed E-state index contributed by atoms with van der Waals surface area (Å²) in [6.45, 7) is 0.244. The zero-order valence-electron chi connectivity index (χ0n) is 8.73. The molecule has 6 nitrogen and oxygen atoms in total. The molecule has 2 N–H and O–H groups in total. The van der Waals surface area contributed by atoms with E-state index in [1.54, 1.807) is 0 Å². The lowest BCUT2D eigenvalue weighted by atomic mass is 9.99. The predicted molar refractivity (Wildman–Crippen MR) is 57.0 cm³/mol. The first kappa shape index (κ1) is 11.9. The molecule has 0 bridgehead atoms. The van der Waals surface area contributed by atoms with Crippen LogP contribution in [0.1, 0.15) is 17.0 Å². The van der Waals surface area contributed by atoms with Crippen LogP contribution in [0.3, 0.4) is 0 Å². The van der Waals surface area contributed by atoms with Crippen LogP contribution in [0, 0.1) is 0 Å². The second kappa shape index (κ2) is 4.38. The van der Waals surface area contributed by atoms with E-state index >= 15 is 0 Å². The Hall–Kier alpha value is -1.53. The fraction of sp³-hybridized carbons (Fsp3) is 0.400. The van der Waals surface area contributed by atoms with Gasteiger partial charge in [0.15, 0.2) is 16.5 Å². The monoisotopic (exact) mass is 259 g/mol. The Morgan fingerprint density at radius 3 is 2.71 bits per heavy atom. The molecule has 0 spiro atoms. The van der Waals surface area contributed by atoms with Crippen molar-refractivity contribution < 1.29 is 23.8 Å². The van der Waals surface area contributed by atoms with Gasteiger partial charge in [-0.05, 0) is 23.7 Å². The number of carboxylic acid groups (broad SMARTS) is 1. The molecule has 1 unspecified atom stereocenters.